The monoisotopic (exact) mass is 370 g/mol. The smallest absolute Gasteiger partial charge is 0.361 e. The second-order valence-electron chi connectivity index (χ2n) is 7.30. The number of hydrogen-bond donors (Lipinski definition) is 0. The Morgan fingerprint density at radius 2 is 1.74 bits per heavy atom. The molecular formula is C22H28NO4+. The molecule has 2 aromatic carbocycles. The fourth-order valence-corrected chi connectivity index (χ4v) is 4.05. The topological polar surface area (TPSA) is 44.8 Å². The predicted molar refractivity (Wildman–Crippen MR) is 104 cm³/mol. The molecule has 5 heteroatoms. The Balaban J connectivity index is 2.07. The molecule has 1 heterocycles. The van der Waals surface area contributed by atoms with Crippen molar-refractivity contribution in [2.75, 3.05) is 41.5 Å². The second kappa shape index (κ2) is 8.01. The van der Waals surface area contributed by atoms with Gasteiger partial charge in [0.1, 0.15) is 6.04 Å². The van der Waals surface area contributed by atoms with Gasteiger partial charge in [0.05, 0.1) is 34.9 Å². The summed E-state index contributed by atoms with van der Waals surface area (Å²) in [5.41, 5.74) is 3.72. The Kier molecular flexibility index (Phi) is 5.71. The molecule has 0 saturated heterocycles. The van der Waals surface area contributed by atoms with Crippen molar-refractivity contribution in [3.8, 4) is 11.5 Å². The number of rotatable bonds is 6. The standard InChI is InChI=1S/C22H28NO4/c1-23(15-22(24)27-4)11-10-17-13-20(25-2)21(26-3)14-18(17)19(23)12-16-8-6-5-7-9-16/h5-9,13-14,19H,10-12,15H2,1-4H3/q+1/t19-,23+/m1/s1. The maximum Gasteiger partial charge on any atom is 0.361 e. The van der Waals surface area contributed by atoms with Gasteiger partial charge < -0.3 is 18.7 Å². The molecule has 0 fully saturated rings. The quantitative estimate of drug-likeness (QED) is 0.579. The minimum absolute atomic E-state index is 0.134. The highest BCUT2D eigenvalue weighted by Crippen LogP contribution is 2.42. The van der Waals surface area contributed by atoms with E-state index in [0.717, 1.165) is 30.9 Å². The van der Waals surface area contributed by atoms with E-state index >= 15 is 0 Å². The molecule has 1 aliphatic heterocycles. The van der Waals surface area contributed by atoms with Crippen LogP contribution in [0.25, 0.3) is 0 Å². The summed E-state index contributed by atoms with van der Waals surface area (Å²) < 4.78 is 16.6. The molecule has 0 unspecified atom stereocenters. The van der Waals surface area contributed by atoms with Crippen LogP contribution in [0, 0.1) is 0 Å². The average Bonchev–Trinajstić information content (AvgIpc) is 2.70. The van der Waals surface area contributed by atoms with Crippen molar-refractivity contribution in [2.24, 2.45) is 0 Å². The minimum atomic E-state index is -0.181. The molecule has 0 saturated carbocycles. The van der Waals surface area contributed by atoms with Gasteiger partial charge in [0.15, 0.2) is 18.0 Å². The highest BCUT2D eigenvalue weighted by atomic mass is 16.5. The van der Waals surface area contributed by atoms with E-state index in [-0.39, 0.29) is 12.0 Å². The fraction of sp³-hybridized carbons (Fsp3) is 0.409. The molecular weight excluding hydrogens is 342 g/mol. The number of ether oxygens (including phenoxy) is 3. The zero-order chi connectivity index (χ0) is 19.4. The summed E-state index contributed by atoms with van der Waals surface area (Å²) in [6.45, 7) is 1.22. The lowest BCUT2D eigenvalue weighted by Crippen LogP contribution is -2.54. The highest BCUT2D eigenvalue weighted by molar-refractivity contribution is 5.70. The molecule has 0 aromatic heterocycles. The van der Waals surface area contributed by atoms with E-state index in [1.807, 2.05) is 6.07 Å². The lowest BCUT2D eigenvalue weighted by molar-refractivity contribution is -0.934. The zero-order valence-corrected chi connectivity index (χ0v) is 16.5. The number of fused-ring (bicyclic) bond motifs is 1. The number of carbonyl (C=O) groups excluding carboxylic acids is 1. The Morgan fingerprint density at radius 3 is 2.37 bits per heavy atom. The number of likely N-dealkylation sites (N-methyl/N-ethyl adjacent to an activating group) is 1. The lowest BCUT2D eigenvalue weighted by atomic mass is 9.86. The summed E-state index contributed by atoms with van der Waals surface area (Å²) >= 11 is 0. The molecule has 27 heavy (non-hydrogen) atoms. The zero-order valence-electron chi connectivity index (χ0n) is 16.5. The van der Waals surface area contributed by atoms with Gasteiger partial charge in [0.2, 0.25) is 0 Å². The van der Waals surface area contributed by atoms with Crippen LogP contribution in [-0.2, 0) is 22.4 Å². The molecule has 0 aliphatic carbocycles. The number of hydrogen-bond acceptors (Lipinski definition) is 4. The summed E-state index contributed by atoms with van der Waals surface area (Å²) in [5.74, 6) is 1.29. The van der Waals surface area contributed by atoms with Gasteiger partial charge in [-0.2, -0.15) is 0 Å². The molecule has 5 nitrogen and oxygen atoms in total. The third-order valence-corrected chi connectivity index (χ3v) is 5.64. The largest absolute Gasteiger partial charge is 0.493 e. The number of carbonyl (C=O) groups is 1. The number of esters is 1. The first-order chi connectivity index (χ1) is 13.0. The first-order valence-corrected chi connectivity index (χ1v) is 9.20. The van der Waals surface area contributed by atoms with Gasteiger partial charge in [-0.15, -0.1) is 0 Å². The molecule has 144 valence electrons. The van der Waals surface area contributed by atoms with Crippen LogP contribution < -0.4 is 9.47 Å². The number of methoxy groups -OCH3 is 3. The maximum absolute atomic E-state index is 12.1. The van der Waals surface area contributed by atoms with Crippen LogP contribution in [0.1, 0.15) is 22.7 Å². The summed E-state index contributed by atoms with van der Waals surface area (Å²) in [4.78, 5) is 12.1. The summed E-state index contributed by atoms with van der Waals surface area (Å²) in [5, 5.41) is 0. The van der Waals surface area contributed by atoms with Crippen LogP contribution in [0.4, 0.5) is 0 Å². The number of nitrogens with zero attached hydrogens (tertiary/aromatic N) is 1. The third kappa shape index (κ3) is 3.93. The fourth-order valence-electron chi connectivity index (χ4n) is 4.05. The molecule has 0 spiro atoms. The van der Waals surface area contributed by atoms with Gasteiger partial charge in [-0.25, -0.2) is 4.79 Å². The van der Waals surface area contributed by atoms with Gasteiger partial charge >= 0.3 is 5.97 Å². The van der Waals surface area contributed by atoms with Crippen molar-refractivity contribution >= 4 is 5.97 Å². The molecule has 2 atom stereocenters. The third-order valence-electron chi connectivity index (χ3n) is 5.64. The minimum Gasteiger partial charge on any atom is -0.493 e. The molecule has 0 radical (unpaired) electrons. The van der Waals surface area contributed by atoms with Gasteiger partial charge in [0, 0.05) is 18.4 Å². The van der Waals surface area contributed by atoms with Crippen molar-refractivity contribution in [2.45, 2.75) is 18.9 Å². The van der Waals surface area contributed by atoms with Crippen molar-refractivity contribution in [3.63, 3.8) is 0 Å². The molecule has 0 N–H and O–H groups in total. The average molecular weight is 370 g/mol. The van der Waals surface area contributed by atoms with E-state index in [0.29, 0.717) is 11.0 Å². The van der Waals surface area contributed by atoms with Crippen LogP contribution in [0.3, 0.4) is 0 Å². The van der Waals surface area contributed by atoms with E-state index in [9.17, 15) is 4.79 Å². The summed E-state index contributed by atoms with van der Waals surface area (Å²) in [6.07, 6.45) is 1.73. The maximum atomic E-state index is 12.1. The molecule has 1 aliphatic rings. The van der Waals surface area contributed by atoms with Crippen LogP contribution in [0.2, 0.25) is 0 Å². The number of benzene rings is 2. The Bertz CT molecular complexity index is 805. The summed E-state index contributed by atoms with van der Waals surface area (Å²) in [6, 6.07) is 14.7. The van der Waals surface area contributed by atoms with E-state index in [1.165, 1.54) is 23.8 Å². The van der Waals surface area contributed by atoms with Gasteiger partial charge in [-0.1, -0.05) is 30.3 Å². The van der Waals surface area contributed by atoms with Crippen LogP contribution >= 0.6 is 0 Å². The SMILES string of the molecule is COC(=O)C[N@+]1(C)CCc2cc(OC)c(OC)cc2[C@H]1Cc1ccccc1. The molecule has 2 aromatic rings. The second-order valence-corrected chi connectivity index (χ2v) is 7.30. The van der Waals surface area contributed by atoms with E-state index in [2.05, 4.69) is 43.4 Å². The van der Waals surface area contributed by atoms with E-state index in [1.54, 1.807) is 14.2 Å². The van der Waals surface area contributed by atoms with Gasteiger partial charge in [0.25, 0.3) is 0 Å². The van der Waals surface area contributed by atoms with Gasteiger partial charge in [-0.05, 0) is 23.3 Å². The van der Waals surface area contributed by atoms with Crippen molar-refractivity contribution in [3.05, 3.63) is 59.2 Å². The van der Waals surface area contributed by atoms with Crippen molar-refractivity contribution in [1.29, 1.82) is 0 Å². The highest BCUT2D eigenvalue weighted by Gasteiger charge is 2.41. The van der Waals surface area contributed by atoms with E-state index < -0.39 is 0 Å². The van der Waals surface area contributed by atoms with Crippen LogP contribution in [0.5, 0.6) is 11.5 Å². The number of quaternary nitrogens is 1. The molecule has 0 bridgehead atoms. The Hall–Kier alpha value is -2.53. The lowest BCUT2D eigenvalue weighted by Gasteiger charge is -2.45. The summed E-state index contributed by atoms with van der Waals surface area (Å²) in [7, 11) is 6.91. The van der Waals surface area contributed by atoms with Crippen molar-refractivity contribution in [1.82, 2.24) is 0 Å². The van der Waals surface area contributed by atoms with Crippen LogP contribution in [-0.4, -0.2) is 51.9 Å². The normalized spacial score (nSPS) is 21.3. The molecule has 0 amide bonds. The first kappa shape index (κ1) is 19.2. The van der Waals surface area contributed by atoms with Crippen molar-refractivity contribution < 1.29 is 23.5 Å². The molecule has 3 rings (SSSR count). The Morgan fingerprint density at radius 1 is 1.07 bits per heavy atom. The Labute approximate surface area is 161 Å². The first-order valence-electron chi connectivity index (χ1n) is 9.20. The van der Waals surface area contributed by atoms with Gasteiger partial charge in [-0.3, -0.25) is 0 Å². The van der Waals surface area contributed by atoms with Crippen LogP contribution in [0.15, 0.2) is 42.5 Å². The predicted octanol–water partition coefficient (Wildman–Crippen LogP) is 3.16. The van der Waals surface area contributed by atoms with E-state index in [4.69, 9.17) is 14.2 Å².